The van der Waals surface area contributed by atoms with Crippen molar-refractivity contribution in [3.8, 4) is 11.3 Å². The molecule has 3 aromatic rings. The van der Waals surface area contributed by atoms with Gasteiger partial charge in [-0.05, 0) is 18.2 Å². The molecule has 2 aromatic heterocycles. The summed E-state index contributed by atoms with van der Waals surface area (Å²) in [5, 5.41) is 1.37. The molecule has 0 atom stereocenters. The average Bonchev–Trinajstić information content (AvgIpc) is 2.72. The van der Waals surface area contributed by atoms with Crippen LogP contribution < -0.4 is 0 Å². The van der Waals surface area contributed by atoms with Crippen LogP contribution in [0.4, 0.5) is 0 Å². The van der Waals surface area contributed by atoms with Crippen LogP contribution in [0.25, 0.3) is 16.9 Å². The molecular formula is C13H8Cl2N2. The van der Waals surface area contributed by atoms with Crippen LogP contribution in [0.5, 0.6) is 0 Å². The molecule has 0 spiro atoms. The first kappa shape index (κ1) is 10.6. The van der Waals surface area contributed by atoms with E-state index in [2.05, 4.69) is 4.98 Å². The van der Waals surface area contributed by atoms with Gasteiger partial charge in [-0.2, -0.15) is 0 Å². The number of hydrogen-bond donors (Lipinski definition) is 0. The van der Waals surface area contributed by atoms with Gasteiger partial charge in [-0.15, -0.1) is 0 Å². The van der Waals surface area contributed by atoms with Gasteiger partial charge >= 0.3 is 0 Å². The summed E-state index contributed by atoms with van der Waals surface area (Å²) in [6.45, 7) is 0. The zero-order chi connectivity index (χ0) is 11.8. The van der Waals surface area contributed by atoms with Crippen LogP contribution in [0.2, 0.25) is 10.0 Å². The van der Waals surface area contributed by atoms with Crippen molar-refractivity contribution in [1.29, 1.82) is 0 Å². The molecule has 0 aliphatic heterocycles. The third-order valence-corrected chi connectivity index (χ3v) is 3.17. The molecule has 0 radical (unpaired) electrons. The highest BCUT2D eigenvalue weighted by atomic mass is 35.5. The number of rotatable bonds is 1. The Hall–Kier alpha value is -1.51. The molecule has 0 N–H and O–H groups in total. The molecule has 0 saturated carbocycles. The van der Waals surface area contributed by atoms with Crippen LogP contribution in [0.3, 0.4) is 0 Å². The van der Waals surface area contributed by atoms with Crippen molar-refractivity contribution in [3.63, 3.8) is 0 Å². The lowest BCUT2D eigenvalue weighted by molar-refractivity contribution is 1.19. The van der Waals surface area contributed by atoms with Gasteiger partial charge < -0.3 is 0 Å². The quantitative estimate of drug-likeness (QED) is 0.639. The minimum Gasteiger partial charge on any atom is -0.298 e. The van der Waals surface area contributed by atoms with Gasteiger partial charge in [-0.3, -0.25) is 4.40 Å². The largest absolute Gasteiger partial charge is 0.298 e. The van der Waals surface area contributed by atoms with Crippen LogP contribution in [-0.2, 0) is 0 Å². The Labute approximate surface area is 108 Å². The van der Waals surface area contributed by atoms with Crippen molar-refractivity contribution in [2.75, 3.05) is 0 Å². The first-order valence-electron chi connectivity index (χ1n) is 5.13. The minimum atomic E-state index is 0.670. The average molecular weight is 263 g/mol. The summed E-state index contributed by atoms with van der Waals surface area (Å²) in [6.07, 6.45) is 3.63. The minimum absolute atomic E-state index is 0.670. The van der Waals surface area contributed by atoms with E-state index < -0.39 is 0 Å². The second kappa shape index (κ2) is 4.06. The van der Waals surface area contributed by atoms with E-state index in [0.717, 1.165) is 16.9 Å². The van der Waals surface area contributed by atoms with E-state index in [4.69, 9.17) is 23.2 Å². The van der Waals surface area contributed by atoms with Crippen molar-refractivity contribution < 1.29 is 0 Å². The number of aromatic nitrogens is 2. The van der Waals surface area contributed by atoms with Gasteiger partial charge in [0.05, 0.1) is 16.9 Å². The molecular weight excluding hydrogens is 255 g/mol. The normalized spacial score (nSPS) is 10.9. The monoisotopic (exact) mass is 262 g/mol. The molecule has 0 bridgehead atoms. The third kappa shape index (κ3) is 1.79. The molecule has 2 nitrogen and oxygen atoms in total. The standard InChI is InChI=1S/C13H8Cl2N2/c14-9-5-6-13-16-7-12(17(13)8-9)10-3-1-2-4-11(10)15/h1-8H. The highest BCUT2D eigenvalue weighted by Gasteiger charge is 2.08. The lowest BCUT2D eigenvalue weighted by Crippen LogP contribution is -1.88. The van der Waals surface area contributed by atoms with Crippen molar-refractivity contribution in [2.24, 2.45) is 0 Å². The molecule has 0 saturated heterocycles. The maximum absolute atomic E-state index is 6.18. The van der Waals surface area contributed by atoms with Crippen molar-refractivity contribution in [1.82, 2.24) is 9.38 Å². The molecule has 4 heteroatoms. The van der Waals surface area contributed by atoms with Gasteiger partial charge in [-0.25, -0.2) is 4.98 Å². The molecule has 2 heterocycles. The van der Waals surface area contributed by atoms with Gasteiger partial charge in [0, 0.05) is 16.8 Å². The zero-order valence-corrected chi connectivity index (χ0v) is 10.3. The topological polar surface area (TPSA) is 17.3 Å². The molecule has 0 amide bonds. The smallest absolute Gasteiger partial charge is 0.137 e. The predicted octanol–water partition coefficient (Wildman–Crippen LogP) is 4.31. The van der Waals surface area contributed by atoms with E-state index in [1.54, 1.807) is 6.20 Å². The Bertz CT molecular complexity index is 689. The molecule has 0 fully saturated rings. The number of benzene rings is 1. The van der Waals surface area contributed by atoms with E-state index in [9.17, 15) is 0 Å². The fourth-order valence-electron chi connectivity index (χ4n) is 1.82. The molecule has 3 rings (SSSR count). The van der Waals surface area contributed by atoms with Crippen molar-refractivity contribution >= 4 is 28.8 Å². The van der Waals surface area contributed by atoms with Gasteiger partial charge in [-0.1, -0.05) is 41.4 Å². The number of hydrogen-bond acceptors (Lipinski definition) is 1. The first-order valence-corrected chi connectivity index (χ1v) is 5.89. The second-order valence-electron chi connectivity index (χ2n) is 3.70. The number of pyridine rings is 1. The Morgan fingerprint density at radius 1 is 1.00 bits per heavy atom. The lowest BCUT2D eigenvalue weighted by Gasteiger charge is -2.04. The van der Waals surface area contributed by atoms with Gasteiger partial charge in [0.1, 0.15) is 5.65 Å². The SMILES string of the molecule is Clc1ccc2ncc(-c3ccccc3Cl)n2c1. The summed E-state index contributed by atoms with van der Waals surface area (Å²) in [4.78, 5) is 4.32. The fraction of sp³-hybridized carbons (Fsp3) is 0. The van der Waals surface area contributed by atoms with Crippen molar-refractivity contribution in [3.05, 3.63) is 58.8 Å². The number of imidazole rings is 1. The van der Waals surface area contributed by atoms with E-state index in [1.807, 2.05) is 47.0 Å². The van der Waals surface area contributed by atoms with E-state index in [-0.39, 0.29) is 0 Å². The summed E-state index contributed by atoms with van der Waals surface area (Å²) in [6, 6.07) is 11.4. The Kier molecular flexibility index (Phi) is 2.54. The van der Waals surface area contributed by atoms with E-state index in [1.165, 1.54) is 0 Å². The highest BCUT2D eigenvalue weighted by Crippen LogP contribution is 2.28. The van der Waals surface area contributed by atoms with Crippen LogP contribution in [0, 0.1) is 0 Å². The molecule has 17 heavy (non-hydrogen) atoms. The van der Waals surface area contributed by atoms with E-state index in [0.29, 0.717) is 10.0 Å². The van der Waals surface area contributed by atoms with E-state index >= 15 is 0 Å². The molecule has 0 aliphatic carbocycles. The Morgan fingerprint density at radius 2 is 1.82 bits per heavy atom. The highest BCUT2D eigenvalue weighted by molar-refractivity contribution is 6.33. The van der Waals surface area contributed by atoms with Gasteiger partial charge in [0.15, 0.2) is 0 Å². The van der Waals surface area contributed by atoms with Crippen LogP contribution in [0.15, 0.2) is 48.8 Å². The first-order chi connectivity index (χ1) is 8.25. The maximum Gasteiger partial charge on any atom is 0.137 e. The van der Waals surface area contributed by atoms with Crippen molar-refractivity contribution in [2.45, 2.75) is 0 Å². The summed E-state index contributed by atoms with van der Waals surface area (Å²) in [5.41, 5.74) is 2.74. The number of nitrogens with zero attached hydrogens (tertiary/aromatic N) is 2. The third-order valence-electron chi connectivity index (χ3n) is 2.62. The lowest BCUT2D eigenvalue weighted by atomic mass is 10.2. The van der Waals surface area contributed by atoms with Crippen LogP contribution in [0.1, 0.15) is 0 Å². The molecule has 0 aliphatic rings. The zero-order valence-electron chi connectivity index (χ0n) is 8.77. The predicted molar refractivity (Wildman–Crippen MR) is 70.6 cm³/mol. The summed E-state index contributed by atoms with van der Waals surface area (Å²) < 4.78 is 1.93. The summed E-state index contributed by atoms with van der Waals surface area (Å²) in [7, 11) is 0. The molecule has 1 aromatic carbocycles. The second-order valence-corrected chi connectivity index (χ2v) is 4.54. The number of halogens is 2. The van der Waals surface area contributed by atoms with Gasteiger partial charge in [0.25, 0.3) is 0 Å². The molecule has 0 unspecified atom stereocenters. The molecule has 84 valence electrons. The fourth-order valence-corrected chi connectivity index (χ4v) is 2.22. The Balaban J connectivity index is 2.31. The van der Waals surface area contributed by atoms with Crippen LogP contribution in [-0.4, -0.2) is 9.38 Å². The number of fused-ring (bicyclic) bond motifs is 1. The van der Waals surface area contributed by atoms with Gasteiger partial charge in [0.2, 0.25) is 0 Å². The maximum atomic E-state index is 6.18. The summed E-state index contributed by atoms with van der Waals surface area (Å²) >= 11 is 12.2. The van der Waals surface area contributed by atoms with Crippen LogP contribution >= 0.6 is 23.2 Å². The summed E-state index contributed by atoms with van der Waals surface area (Å²) in [5.74, 6) is 0. The Morgan fingerprint density at radius 3 is 2.65 bits per heavy atom.